The lowest BCUT2D eigenvalue weighted by molar-refractivity contribution is 0.143. The lowest BCUT2D eigenvalue weighted by Gasteiger charge is -2.34. The van der Waals surface area contributed by atoms with Gasteiger partial charge in [0.05, 0.1) is 6.61 Å². The molecule has 1 heterocycles. The number of amides is 2. The minimum absolute atomic E-state index is 0.0823. The number of rotatable bonds is 7. The highest BCUT2D eigenvalue weighted by molar-refractivity contribution is 5.89. The predicted octanol–water partition coefficient (Wildman–Crippen LogP) is 4.35. The van der Waals surface area contributed by atoms with Crippen LogP contribution in [0.4, 0.5) is 14.9 Å². The van der Waals surface area contributed by atoms with Crippen molar-refractivity contribution in [3.63, 3.8) is 0 Å². The van der Waals surface area contributed by atoms with Crippen molar-refractivity contribution in [1.29, 1.82) is 0 Å². The zero-order chi connectivity index (χ0) is 19.8. The third-order valence-corrected chi connectivity index (χ3v) is 4.85. The van der Waals surface area contributed by atoms with Crippen molar-refractivity contribution in [1.82, 2.24) is 9.80 Å². The number of unbranched alkanes of at least 4 members (excludes halogenated alkanes) is 1. The van der Waals surface area contributed by atoms with Gasteiger partial charge in [-0.3, -0.25) is 4.90 Å². The molecule has 0 aromatic heterocycles. The molecular formula is C22H28FN3O2. The van der Waals surface area contributed by atoms with Gasteiger partial charge in [0.25, 0.3) is 0 Å². The van der Waals surface area contributed by atoms with E-state index in [-0.39, 0.29) is 11.8 Å². The summed E-state index contributed by atoms with van der Waals surface area (Å²) < 4.78 is 18.6. The first-order chi connectivity index (χ1) is 13.6. The van der Waals surface area contributed by atoms with Crippen LogP contribution in [-0.2, 0) is 6.54 Å². The second kappa shape index (κ2) is 10.1. The Balaban J connectivity index is 1.42. The molecule has 1 N–H and O–H groups in total. The molecule has 0 radical (unpaired) electrons. The van der Waals surface area contributed by atoms with Crippen LogP contribution in [0.15, 0.2) is 48.5 Å². The first kappa shape index (κ1) is 20.1. The number of hydrogen-bond donors (Lipinski definition) is 1. The second-order valence-corrected chi connectivity index (χ2v) is 7.05. The van der Waals surface area contributed by atoms with Gasteiger partial charge in [0.15, 0.2) is 0 Å². The Kier molecular flexibility index (Phi) is 7.25. The van der Waals surface area contributed by atoms with Crippen LogP contribution in [0.2, 0.25) is 0 Å². The number of carbonyl (C=O) groups is 1. The molecule has 3 rings (SSSR count). The molecule has 150 valence electrons. The van der Waals surface area contributed by atoms with Crippen LogP contribution in [0.5, 0.6) is 5.75 Å². The number of piperazine rings is 1. The molecule has 2 aromatic rings. The van der Waals surface area contributed by atoms with Crippen LogP contribution in [0.3, 0.4) is 0 Å². The topological polar surface area (TPSA) is 44.8 Å². The molecule has 0 spiro atoms. The minimum atomic E-state index is -0.217. The van der Waals surface area contributed by atoms with Gasteiger partial charge in [0.2, 0.25) is 0 Å². The van der Waals surface area contributed by atoms with Gasteiger partial charge in [-0.15, -0.1) is 0 Å². The van der Waals surface area contributed by atoms with E-state index < -0.39 is 0 Å². The molecule has 0 unspecified atom stereocenters. The Bertz CT molecular complexity index is 741. The minimum Gasteiger partial charge on any atom is -0.494 e. The number of carbonyl (C=O) groups excluding carboxylic acids is 1. The van der Waals surface area contributed by atoms with Crippen molar-refractivity contribution >= 4 is 11.7 Å². The highest BCUT2D eigenvalue weighted by atomic mass is 19.1. The number of anilines is 1. The van der Waals surface area contributed by atoms with Gasteiger partial charge in [-0.25, -0.2) is 9.18 Å². The molecule has 5 nitrogen and oxygen atoms in total. The highest BCUT2D eigenvalue weighted by Crippen LogP contribution is 2.17. The quantitative estimate of drug-likeness (QED) is 0.721. The molecule has 2 amide bonds. The van der Waals surface area contributed by atoms with Gasteiger partial charge >= 0.3 is 6.03 Å². The summed E-state index contributed by atoms with van der Waals surface area (Å²) in [4.78, 5) is 16.6. The summed E-state index contributed by atoms with van der Waals surface area (Å²) in [7, 11) is 0. The Hall–Kier alpha value is -2.60. The van der Waals surface area contributed by atoms with E-state index in [0.717, 1.165) is 49.5 Å². The fourth-order valence-electron chi connectivity index (χ4n) is 3.13. The summed E-state index contributed by atoms with van der Waals surface area (Å²) in [5, 5.41) is 2.95. The van der Waals surface area contributed by atoms with Crippen LogP contribution >= 0.6 is 0 Å². The van der Waals surface area contributed by atoms with Crippen LogP contribution in [0, 0.1) is 5.82 Å². The number of nitrogens with one attached hydrogen (secondary N) is 1. The second-order valence-electron chi connectivity index (χ2n) is 7.05. The van der Waals surface area contributed by atoms with E-state index in [9.17, 15) is 9.18 Å². The van der Waals surface area contributed by atoms with Gasteiger partial charge in [-0.05, 0) is 48.4 Å². The van der Waals surface area contributed by atoms with Crippen molar-refractivity contribution in [2.24, 2.45) is 0 Å². The third-order valence-electron chi connectivity index (χ3n) is 4.85. The van der Waals surface area contributed by atoms with Gasteiger partial charge in [-0.2, -0.15) is 0 Å². The largest absolute Gasteiger partial charge is 0.494 e. The molecule has 1 aliphatic rings. The van der Waals surface area contributed by atoms with Gasteiger partial charge < -0.3 is 15.0 Å². The van der Waals surface area contributed by atoms with Crippen LogP contribution in [0.25, 0.3) is 0 Å². The number of urea groups is 1. The first-order valence-corrected chi connectivity index (χ1v) is 9.89. The predicted molar refractivity (Wildman–Crippen MR) is 109 cm³/mol. The van der Waals surface area contributed by atoms with Crippen LogP contribution in [0.1, 0.15) is 25.3 Å². The first-order valence-electron chi connectivity index (χ1n) is 9.89. The maximum atomic E-state index is 13.0. The van der Waals surface area contributed by atoms with E-state index in [4.69, 9.17) is 4.74 Å². The number of halogens is 1. The lowest BCUT2D eigenvalue weighted by atomic mass is 10.2. The Morgan fingerprint density at radius 1 is 1.04 bits per heavy atom. The standard InChI is InChI=1S/C22H28FN3O2/c1-2-3-16-28-21-10-8-20(9-11-21)24-22(27)26-14-12-25(13-15-26)17-18-4-6-19(23)7-5-18/h4-11H,2-3,12-17H2,1H3,(H,24,27). The summed E-state index contributed by atoms with van der Waals surface area (Å²) in [5.41, 5.74) is 1.85. The van der Waals surface area contributed by atoms with Crippen molar-refractivity contribution in [3.05, 3.63) is 59.9 Å². The molecule has 2 aromatic carbocycles. The van der Waals surface area contributed by atoms with Crippen LogP contribution in [-0.4, -0.2) is 48.6 Å². The van der Waals surface area contributed by atoms with Crippen molar-refractivity contribution in [2.45, 2.75) is 26.3 Å². The Morgan fingerprint density at radius 3 is 2.36 bits per heavy atom. The fourth-order valence-corrected chi connectivity index (χ4v) is 3.13. The molecule has 1 saturated heterocycles. The zero-order valence-corrected chi connectivity index (χ0v) is 16.4. The average Bonchev–Trinajstić information content (AvgIpc) is 2.72. The van der Waals surface area contributed by atoms with E-state index >= 15 is 0 Å². The Morgan fingerprint density at radius 2 is 1.71 bits per heavy atom. The zero-order valence-electron chi connectivity index (χ0n) is 16.4. The summed E-state index contributed by atoms with van der Waals surface area (Å²) >= 11 is 0. The maximum absolute atomic E-state index is 13.0. The number of ether oxygens (including phenoxy) is 1. The normalized spacial score (nSPS) is 14.7. The molecule has 6 heteroatoms. The fraction of sp³-hybridized carbons (Fsp3) is 0.409. The van der Waals surface area contributed by atoms with Gasteiger partial charge in [0, 0.05) is 38.4 Å². The highest BCUT2D eigenvalue weighted by Gasteiger charge is 2.21. The summed E-state index contributed by atoms with van der Waals surface area (Å²) in [6.07, 6.45) is 2.14. The number of hydrogen-bond acceptors (Lipinski definition) is 3. The van der Waals surface area contributed by atoms with Crippen LogP contribution < -0.4 is 10.1 Å². The lowest BCUT2D eigenvalue weighted by Crippen LogP contribution is -2.49. The molecule has 0 aliphatic carbocycles. The Labute approximate surface area is 166 Å². The van der Waals surface area contributed by atoms with Gasteiger partial charge in [0.1, 0.15) is 11.6 Å². The molecule has 28 heavy (non-hydrogen) atoms. The molecular weight excluding hydrogens is 357 g/mol. The number of nitrogens with zero attached hydrogens (tertiary/aromatic N) is 2. The van der Waals surface area contributed by atoms with Crippen molar-refractivity contribution in [3.8, 4) is 5.75 Å². The molecule has 0 saturated carbocycles. The summed E-state index contributed by atoms with van der Waals surface area (Å²) in [5.74, 6) is 0.603. The van der Waals surface area contributed by atoms with E-state index in [0.29, 0.717) is 19.7 Å². The van der Waals surface area contributed by atoms with E-state index in [2.05, 4.69) is 17.1 Å². The average molecular weight is 385 g/mol. The van der Waals surface area contributed by atoms with E-state index in [1.54, 1.807) is 0 Å². The molecule has 0 bridgehead atoms. The summed E-state index contributed by atoms with van der Waals surface area (Å²) in [6, 6.07) is 14.0. The third kappa shape index (κ3) is 5.96. The van der Waals surface area contributed by atoms with Crippen molar-refractivity contribution in [2.75, 3.05) is 38.1 Å². The molecule has 1 aliphatic heterocycles. The van der Waals surface area contributed by atoms with Gasteiger partial charge in [-0.1, -0.05) is 25.5 Å². The molecule has 1 fully saturated rings. The number of benzene rings is 2. The SMILES string of the molecule is CCCCOc1ccc(NC(=O)N2CCN(Cc3ccc(F)cc3)CC2)cc1. The maximum Gasteiger partial charge on any atom is 0.321 e. The van der Waals surface area contributed by atoms with Crippen molar-refractivity contribution < 1.29 is 13.9 Å². The smallest absolute Gasteiger partial charge is 0.321 e. The monoisotopic (exact) mass is 385 g/mol. The van der Waals surface area contributed by atoms with E-state index in [1.807, 2.05) is 41.3 Å². The van der Waals surface area contributed by atoms with E-state index in [1.165, 1.54) is 12.1 Å². The summed E-state index contributed by atoms with van der Waals surface area (Å²) in [6.45, 7) is 6.56. The molecule has 0 atom stereocenters.